The summed E-state index contributed by atoms with van der Waals surface area (Å²) < 4.78 is 6.91. The van der Waals surface area contributed by atoms with Gasteiger partial charge in [-0.1, -0.05) is 35.3 Å². The fourth-order valence-corrected chi connectivity index (χ4v) is 3.62. The van der Waals surface area contributed by atoms with Crippen molar-refractivity contribution in [2.45, 2.75) is 6.61 Å². The van der Waals surface area contributed by atoms with Crippen LogP contribution in [0.3, 0.4) is 0 Å². The molecular formula is C22H13Cl2IN2O3. The Bertz CT molecular complexity index is 1130. The van der Waals surface area contributed by atoms with Crippen molar-refractivity contribution in [1.82, 2.24) is 0 Å². The first kappa shape index (κ1) is 22.1. The second kappa shape index (κ2) is 9.94. The molecule has 0 amide bonds. The molecule has 0 aliphatic heterocycles. The minimum absolute atomic E-state index is 0.0447. The monoisotopic (exact) mass is 550 g/mol. The Hall–Kier alpha value is -2.60. The summed E-state index contributed by atoms with van der Waals surface area (Å²) in [5, 5.41) is 20.9. The van der Waals surface area contributed by atoms with Crippen molar-refractivity contribution in [3.05, 3.63) is 101 Å². The summed E-state index contributed by atoms with van der Waals surface area (Å²) in [6, 6.07) is 19.0. The number of halogens is 3. The summed E-state index contributed by atoms with van der Waals surface area (Å²) in [5.74, 6) is 0.364. The molecule has 0 unspecified atom stereocenters. The average molecular weight is 551 g/mol. The number of benzene rings is 3. The van der Waals surface area contributed by atoms with E-state index in [0.29, 0.717) is 39.1 Å². The van der Waals surface area contributed by atoms with Gasteiger partial charge in [-0.3, -0.25) is 10.1 Å². The number of ether oxygens (including phenoxy) is 1. The zero-order chi connectivity index (χ0) is 21.7. The lowest BCUT2D eigenvalue weighted by Gasteiger charge is -2.11. The van der Waals surface area contributed by atoms with Crippen molar-refractivity contribution in [2.75, 3.05) is 0 Å². The maximum absolute atomic E-state index is 10.8. The maximum atomic E-state index is 10.8. The smallest absolute Gasteiger partial charge is 0.269 e. The minimum Gasteiger partial charge on any atom is -0.486 e. The molecule has 0 heterocycles. The Labute approximate surface area is 196 Å². The Morgan fingerprint density at radius 3 is 2.23 bits per heavy atom. The fraction of sp³-hybridized carbons (Fsp3) is 0.0455. The molecule has 0 aliphatic rings. The molecule has 150 valence electrons. The third kappa shape index (κ3) is 5.51. The lowest BCUT2D eigenvalue weighted by atomic mass is 10.0. The number of nitriles is 1. The van der Waals surface area contributed by atoms with Crippen LogP contribution < -0.4 is 4.74 Å². The van der Waals surface area contributed by atoms with Gasteiger partial charge in [-0.2, -0.15) is 5.26 Å². The lowest BCUT2D eigenvalue weighted by Crippen LogP contribution is -1.97. The number of hydrogen-bond donors (Lipinski definition) is 0. The first-order valence-electron chi connectivity index (χ1n) is 8.60. The van der Waals surface area contributed by atoms with Gasteiger partial charge < -0.3 is 4.74 Å². The fourth-order valence-electron chi connectivity index (χ4n) is 2.65. The molecule has 0 spiro atoms. The van der Waals surface area contributed by atoms with Gasteiger partial charge in [-0.25, -0.2) is 0 Å². The van der Waals surface area contributed by atoms with Crippen LogP contribution in [0.1, 0.15) is 16.7 Å². The normalized spacial score (nSPS) is 11.1. The number of nitro benzene ring substituents is 1. The quantitative estimate of drug-likeness (QED) is 0.107. The van der Waals surface area contributed by atoms with Crippen molar-refractivity contribution in [3.8, 4) is 11.8 Å². The minimum atomic E-state index is -0.492. The molecule has 8 heteroatoms. The molecule has 0 fully saturated rings. The number of allylic oxidation sites excluding steroid dienone is 1. The van der Waals surface area contributed by atoms with E-state index in [1.807, 2.05) is 24.3 Å². The van der Waals surface area contributed by atoms with Gasteiger partial charge >= 0.3 is 0 Å². The van der Waals surface area contributed by atoms with Gasteiger partial charge in [0.05, 0.1) is 26.6 Å². The second-order valence-corrected chi connectivity index (χ2v) is 8.26. The molecule has 0 aliphatic carbocycles. The summed E-state index contributed by atoms with van der Waals surface area (Å²) in [7, 11) is 0. The van der Waals surface area contributed by atoms with E-state index >= 15 is 0 Å². The predicted octanol–water partition coefficient (Wildman–Crippen LogP) is 7.15. The molecule has 5 nitrogen and oxygen atoms in total. The predicted molar refractivity (Wildman–Crippen MR) is 127 cm³/mol. The summed E-state index contributed by atoms with van der Waals surface area (Å²) in [4.78, 5) is 10.3. The zero-order valence-electron chi connectivity index (χ0n) is 15.3. The van der Waals surface area contributed by atoms with Crippen LogP contribution in [0.15, 0.2) is 60.7 Å². The number of nitro groups is 1. The highest BCUT2D eigenvalue weighted by atomic mass is 127. The molecule has 3 aromatic rings. The van der Waals surface area contributed by atoms with Crippen molar-refractivity contribution in [2.24, 2.45) is 0 Å². The topological polar surface area (TPSA) is 76.2 Å². The third-order valence-corrected chi connectivity index (χ3v) is 5.42. The molecule has 3 rings (SSSR count). The Balaban J connectivity index is 1.83. The molecule has 0 radical (unpaired) electrons. The highest BCUT2D eigenvalue weighted by Gasteiger charge is 2.12. The third-order valence-electron chi connectivity index (χ3n) is 4.14. The molecule has 0 saturated carbocycles. The van der Waals surface area contributed by atoms with Gasteiger partial charge in [-0.15, -0.1) is 0 Å². The van der Waals surface area contributed by atoms with Gasteiger partial charge in [0.15, 0.2) is 5.75 Å². The summed E-state index contributed by atoms with van der Waals surface area (Å²) in [6.07, 6.45) is 1.61. The van der Waals surface area contributed by atoms with Crippen LogP contribution in [-0.4, -0.2) is 4.92 Å². The standard InChI is InChI=1S/C22H13Cl2IN2O3/c23-20-10-15(9-17(12-26)16-3-7-19(8-4-16)27(28)29)11-21(24)22(20)30-13-14-1-5-18(25)6-2-14/h1-11H,13H2/b17-9-. The molecule has 0 bridgehead atoms. The van der Waals surface area contributed by atoms with Crippen molar-refractivity contribution < 1.29 is 9.66 Å². The molecule has 0 N–H and O–H groups in total. The molecule has 30 heavy (non-hydrogen) atoms. The van der Waals surface area contributed by atoms with Crippen LogP contribution in [0.25, 0.3) is 11.6 Å². The van der Waals surface area contributed by atoms with Crippen molar-refractivity contribution in [1.29, 1.82) is 5.26 Å². The number of non-ortho nitro benzene ring substituents is 1. The van der Waals surface area contributed by atoms with Gasteiger partial charge in [0.1, 0.15) is 6.61 Å². The lowest BCUT2D eigenvalue weighted by molar-refractivity contribution is -0.384. The van der Waals surface area contributed by atoms with Crippen LogP contribution in [0.2, 0.25) is 10.0 Å². The Morgan fingerprint density at radius 2 is 1.70 bits per heavy atom. The number of nitrogens with zero attached hydrogens (tertiary/aromatic N) is 2. The molecule has 0 aromatic heterocycles. The van der Waals surface area contributed by atoms with Crippen molar-refractivity contribution >= 4 is 63.1 Å². The SMILES string of the molecule is N#C/C(=C/c1cc(Cl)c(OCc2ccc(I)cc2)c(Cl)c1)c1ccc([N+](=O)[O-])cc1. The highest BCUT2D eigenvalue weighted by Crippen LogP contribution is 2.36. The molecule has 0 atom stereocenters. The van der Waals surface area contributed by atoms with Gasteiger partial charge in [0.25, 0.3) is 5.69 Å². The second-order valence-electron chi connectivity index (χ2n) is 6.20. The molecule has 0 saturated heterocycles. The van der Waals surface area contributed by atoms with Crippen LogP contribution in [0.4, 0.5) is 5.69 Å². The largest absolute Gasteiger partial charge is 0.486 e. The molecule has 3 aromatic carbocycles. The average Bonchev–Trinajstić information content (AvgIpc) is 2.73. The first-order valence-corrected chi connectivity index (χ1v) is 10.4. The maximum Gasteiger partial charge on any atom is 0.269 e. The summed E-state index contributed by atoms with van der Waals surface area (Å²) >= 11 is 14.9. The van der Waals surface area contributed by atoms with Crippen LogP contribution in [-0.2, 0) is 6.61 Å². The highest BCUT2D eigenvalue weighted by molar-refractivity contribution is 14.1. The van der Waals surface area contributed by atoms with E-state index < -0.39 is 4.92 Å². The van der Waals surface area contributed by atoms with Crippen LogP contribution in [0.5, 0.6) is 5.75 Å². The van der Waals surface area contributed by atoms with E-state index in [2.05, 4.69) is 28.7 Å². The summed E-state index contributed by atoms with van der Waals surface area (Å²) in [6.45, 7) is 0.317. The first-order chi connectivity index (χ1) is 14.4. The van der Waals surface area contributed by atoms with Gasteiger partial charge in [0.2, 0.25) is 0 Å². The Morgan fingerprint density at radius 1 is 1.10 bits per heavy atom. The number of rotatable bonds is 6. The molecular weight excluding hydrogens is 538 g/mol. The van der Waals surface area contributed by atoms with E-state index in [1.165, 1.54) is 24.3 Å². The van der Waals surface area contributed by atoms with E-state index in [4.69, 9.17) is 27.9 Å². The zero-order valence-corrected chi connectivity index (χ0v) is 19.0. The van der Waals surface area contributed by atoms with E-state index in [-0.39, 0.29) is 5.69 Å². The van der Waals surface area contributed by atoms with Crippen LogP contribution >= 0.6 is 45.8 Å². The van der Waals surface area contributed by atoms with Crippen LogP contribution in [0, 0.1) is 25.0 Å². The van der Waals surface area contributed by atoms with E-state index in [1.54, 1.807) is 18.2 Å². The van der Waals surface area contributed by atoms with Gasteiger partial charge in [0, 0.05) is 15.7 Å². The van der Waals surface area contributed by atoms with E-state index in [9.17, 15) is 15.4 Å². The number of hydrogen-bond acceptors (Lipinski definition) is 4. The Kier molecular flexibility index (Phi) is 7.32. The van der Waals surface area contributed by atoms with E-state index in [0.717, 1.165) is 9.13 Å². The van der Waals surface area contributed by atoms with Gasteiger partial charge in [-0.05, 0) is 81.8 Å². The summed E-state index contributed by atoms with van der Waals surface area (Å²) in [5.41, 5.74) is 2.42. The van der Waals surface area contributed by atoms with Crippen molar-refractivity contribution in [3.63, 3.8) is 0 Å².